The van der Waals surface area contributed by atoms with Gasteiger partial charge in [0.25, 0.3) is 0 Å². The lowest BCUT2D eigenvalue weighted by Gasteiger charge is -2.12. The van der Waals surface area contributed by atoms with Gasteiger partial charge in [-0.2, -0.15) is 0 Å². The van der Waals surface area contributed by atoms with Crippen LogP contribution in [0.4, 0.5) is 11.5 Å². The minimum absolute atomic E-state index is 0.00850. The summed E-state index contributed by atoms with van der Waals surface area (Å²) in [4.78, 5) is 26.1. The summed E-state index contributed by atoms with van der Waals surface area (Å²) >= 11 is 6.15. The Morgan fingerprint density at radius 3 is 2.76 bits per heavy atom. The van der Waals surface area contributed by atoms with Crippen molar-refractivity contribution < 1.29 is 4.79 Å². The summed E-state index contributed by atoms with van der Waals surface area (Å²) in [7, 11) is 0. The zero-order chi connectivity index (χ0) is 20.0. The molecule has 1 fully saturated rings. The van der Waals surface area contributed by atoms with Crippen LogP contribution in [0.15, 0.2) is 48.7 Å². The summed E-state index contributed by atoms with van der Waals surface area (Å²) in [5.74, 6) is 2.18. The van der Waals surface area contributed by atoms with E-state index in [2.05, 4.69) is 10.3 Å². The Morgan fingerprint density at radius 1 is 1.14 bits per heavy atom. The van der Waals surface area contributed by atoms with Gasteiger partial charge in [-0.1, -0.05) is 29.8 Å². The summed E-state index contributed by atoms with van der Waals surface area (Å²) < 4.78 is 0. The number of anilines is 2. The Kier molecular flexibility index (Phi) is 4.40. The molecule has 29 heavy (non-hydrogen) atoms. The quantitative estimate of drug-likeness (QED) is 0.341. The zero-order valence-corrected chi connectivity index (χ0v) is 16.7. The van der Waals surface area contributed by atoms with Gasteiger partial charge in [0.1, 0.15) is 11.3 Å². The van der Waals surface area contributed by atoms with Crippen molar-refractivity contribution in [1.82, 2.24) is 15.0 Å². The highest BCUT2D eigenvalue weighted by molar-refractivity contribution is 6.30. The SMILES string of the molecule is CC(=O)c1ccc2c(c1)nc(Nc1cccc(Cl)c1)c1nc(CC3CC3)ncc12. The Balaban J connectivity index is 1.71. The van der Waals surface area contributed by atoms with Crippen LogP contribution in [-0.4, -0.2) is 20.7 Å². The molecule has 1 aliphatic rings. The van der Waals surface area contributed by atoms with Gasteiger partial charge in [-0.25, -0.2) is 15.0 Å². The van der Waals surface area contributed by atoms with E-state index in [0.29, 0.717) is 22.3 Å². The number of nitrogens with one attached hydrogen (secondary N) is 1. The molecule has 0 unspecified atom stereocenters. The molecule has 5 rings (SSSR count). The minimum atomic E-state index is 0.00850. The number of carbonyl (C=O) groups is 1. The van der Waals surface area contributed by atoms with Crippen LogP contribution in [0.25, 0.3) is 21.8 Å². The number of nitrogens with zero attached hydrogens (tertiary/aromatic N) is 3. The second kappa shape index (κ2) is 7.08. The van der Waals surface area contributed by atoms with Gasteiger partial charge < -0.3 is 5.32 Å². The first-order valence-electron chi connectivity index (χ1n) is 9.70. The summed E-state index contributed by atoms with van der Waals surface area (Å²) in [6, 6.07) is 13.1. The van der Waals surface area contributed by atoms with E-state index in [1.807, 2.05) is 48.7 Å². The highest BCUT2D eigenvalue weighted by Crippen LogP contribution is 2.34. The molecule has 0 bridgehead atoms. The van der Waals surface area contributed by atoms with Gasteiger partial charge in [0.2, 0.25) is 0 Å². The molecule has 4 aromatic rings. The normalized spacial score (nSPS) is 13.7. The first-order valence-corrected chi connectivity index (χ1v) is 10.1. The Bertz CT molecular complexity index is 1270. The fourth-order valence-electron chi connectivity index (χ4n) is 3.51. The number of halogens is 1. The summed E-state index contributed by atoms with van der Waals surface area (Å²) in [6.45, 7) is 1.56. The van der Waals surface area contributed by atoms with Gasteiger partial charge in [0.05, 0.1) is 5.52 Å². The smallest absolute Gasteiger partial charge is 0.159 e. The molecule has 5 nitrogen and oxygen atoms in total. The van der Waals surface area contributed by atoms with E-state index in [9.17, 15) is 4.79 Å². The number of benzene rings is 2. The molecule has 0 radical (unpaired) electrons. The molecule has 1 N–H and O–H groups in total. The first-order chi connectivity index (χ1) is 14.1. The van der Waals surface area contributed by atoms with Gasteiger partial charge in [-0.05, 0) is 49.9 Å². The molecular formula is C23H19ClN4O. The minimum Gasteiger partial charge on any atom is -0.338 e. The number of carbonyl (C=O) groups excluding carboxylic acids is 1. The predicted octanol–water partition coefficient (Wildman–Crippen LogP) is 5.73. The van der Waals surface area contributed by atoms with Crippen molar-refractivity contribution in [3.63, 3.8) is 0 Å². The van der Waals surface area contributed by atoms with Crippen molar-refractivity contribution in [2.45, 2.75) is 26.2 Å². The Labute approximate surface area is 173 Å². The molecular weight excluding hydrogens is 384 g/mol. The third kappa shape index (κ3) is 3.66. The molecule has 2 aromatic heterocycles. The van der Waals surface area contributed by atoms with E-state index >= 15 is 0 Å². The van der Waals surface area contributed by atoms with Gasteiger partial charge >= 0.3 is 0 Å². The van der Waals surface area contributed by atoms with E-state index in [4.69, 9.17) is 21.6 Å². The second-order valence-electron chi connectivity index (χ2n) is 7.58. The van der Waals surface area contributed by atoms with Crippen molar-refractivity contribution in [3.8, 4) is 0 Å². The van der Waals surface area contributed by atoms with Crippen molar-refractivity contribution in [2.75, 3.05) is 5.32 Å². The summed E-state index contributed by atoms with van der Waals surface area (Å²) in [5.41, 5.74) is 2.96. The molecule has 0 saturated heterocycles. The number of fused-ring (bicyclic) bond motifs is 3. The van der Waals surface area contributed by atoms with E-state index in [-0.39, 0.29) is 5.78 Å². The zero-order valence-electron chi connectivity index (χ0n) is 15.9. The van der Waals surface area contributed by atoms with Gasteiger partial charge in [-0.3, -0.25) is 4.79 Å². The Morgan fingerprint density at radius 2 is 2.00 bits per heavy atom. The van der Waals surface area contributed by atoms with Crippen LogP contribution in [0.2, 0.25) is 5.02 Å². The maximum atomic E-state index is 11.8. The lowest BCUT2D eigenvalue weighted by molar-refractivity contribution is 0.101. The fraction of sp³-hybridized carbons (Fsp3) is 0.217. The fourth-order valence-corrected chi connectivity index (χ4v) is 3.70. The van der Waals surface area contributed by atoms with Crippen molar-refractivity contribution in [2.24, 2.45) is 5.92 Å². The highest BCUT2D eigenvalue weighted by atomic mass is 35.5. The van der Waals surface area contributed by atoms with Crippen LogP contribution < -0.4 is 5.32 Å². The monoisotopic (exact) mass is 402 g/mol. The van der Waals surface area contributed by atoms with Gasteiger partial charge in [-0.15, -0.1) is 0 Å². The molecule has 0 amide bonds. The molecule has 0 spiro atoms. The number of Topliss-reactive ketones (excluding diaryl/α,β-unsaturated/α-hetero) is 1. The van der Waals surface area contributed by atoms with Crippen molar-refractivity contribution in [3.05, 3.63) is 65.1 Å². The third-order valence-electron chi connectivity index (χ3n) is 5.25. The average molecular weight is 403 g/mol. The van der Waals surface area contributed by atoms with Gasteiger partial charge in [0.15, 0.2) is 11.6 Å². The second-order valence-corrected chi connectivity index (χ2v) is 8.02. The lowest BCUT2D eigenvalue weighted by Crippen LogP contribution is -2.03. The number of pyridine rings is 1. The van der Waals surface area contributed by atoms with Crippen LogP contribution in [0.5, 0.6) is 0 Å². The summed E-state index contributed by atoms with van der Waals surface area (Å²) in [5, 5.41) is 5.84. The van der Waals surface area contributed by atoms with Gasteiger partial charge in [0, 0.05) is 39.7 Å². The third-order valence-corrected chi connectivity index (χ3v) is 5.48. The number of ketones is 1. The molecule has 0 atom stereocenters. The van der Waals surface area contributed by atoms with Crippen LogP contribution in [0, 0.1) is 5.92 Å². The lowest BCUT2D eigenvalue weighted by atomic mass is 10.1. The number of hydrogen-bond donors (Lipinski definition) is 1. The van der Waals surface area contributed by atoms with Crippen LogP contribution >= 0.6 is 11.6 Å². The number of hydrogen-bond acceptors (Lipinski definition) is 5. The standard InChI is InChI=1S/C23H19ClN4O/c1-13(29)15-7-8-18-19-12-25-21(9-14-5-6-14)28-22(19)23(27-20(18)10-15)26-17-4-2-3-16(24)11-17/h2-4,7-8,10-12,14H,5-6,9H2,1H3,(H,26,27). The molecule has 1 aliphatic carbocycles. The van der Waals surface area contributed by atoms with Crippen LogP contribution in [-0.2, 0) is 6.42 Å². The maximum absolute atomic E-state index is 11.8. The first kappa shape index (κ1) is 18.0. The Hall–Kier alpha value is -3.05. The number of aromatic nitrogens is 3. The molecule has 6 heteroatoms. The maximum Gasteiger partial charge on any atom is 0.159 e. The summed E-state index contributed by atoms with van der Waals surface area (Å²) in [6.07, 6.45) is 5.27. The molecule has 144 valence electrons. The van der Waals surface area contributed by atoms with Crippen molar-refractivity contribution in [1.29, 1.82) is 0 Å². The average Bonchev–Trinajstić information content (AvgIpc) is 3.51. The topological polar surface area (TPSA) is 67.8 Å². The largest absolute Gasteiger partial charge is 0.338 e. The van der Waals surface area contributed by atoms with Crippen molar-refractivity contribution >= 4 is 50.7 Å². The molecule has 2 heterocycles. The van der Waals surface area contributed by atoms with E-state index in [1.54, 1.807) is 6.92 Å². The molecule has 2 aromatic carbocycles. The number of rotatable bonds is 5. The molecule has 1 saturated carbocycles. The predicted molar refractivity (Wildman–Crippen MR) is 116 cm³/mol. The highest BCUT2D eigenvalue weighted by Gasteiger charge is 2.23. The van der Waals surface area contributed by atoms with E-state index in [1.165, 1.54) is 12.8 Å². The van der Waals surface area contributed by atoms with E-state index < -0.39 is 0 Å². The van der Waals surface area contributed by atoms with Crippen LogP contribution in [0.3, 0.4) is 0 Å². The van der Waals surface area contributed by atoms with E-state index in [0.717, 1.165) is 39.7 Å². The molecule has 0 aliphatic heterocycles. The van der Waals surface area contributed by atoms with Crippen LogP contribution in [0.1, 0.15) is 35.9 Å².